The van der Waals surface area contributed by atoms with E-state index >= 15 is 0 Å². The zero-order chi connectivity index (χ0) is 9.84. The zero-order valence-electron chi connectivity index (χ0n) is 7.55. The van der Waals surface area contributed by atoms with Gasteiger partial charge in [0.25, 0.3) is 0 Å². The summed E-state index contributed by atoms with van der Waals surface area (Å²) in [6.45, 7) is 3.53. The first-order chi connectivity index (χ1) is 6.13. The summed E-state index contributed by atoms with van der Waals surface area (Å²) >= 11 is 5.25. The number of carbonyl (C=O) groups excluding carboxylic acids is 2. The molecule has 0 radical (unpaired) electrons. The molecule has 74 valence electrons. The number of alkyl halides is 1. The molecule has 1 unspecified atom stereocenters. The maximum atomic E-state index is 11.3. The van der Waals surface area contributed by atoms with Crippen molar-refractivity contribution in [1.29, 1.82) is 0 Å². The van der Waals surface area contributed by atoms with Crippen molar-refractivity contribution in [2.45, 2.75) is 13.3 Å². The summed E-state index contributed by atoms with van der Waals surface area (Å²) in [6, 6.07) is -0.324. The van der Waals surface area contributed by atoms with E-state index in [-0.39, 0.29) is 11.9 Å². The Labute approximate surface area is 82.2 Å². The molecule has 1 aliphatic rings. The molecule has 0 aromatic carbocycles. The topological polar surface area (TPSA) is 49.4 Å². The molecule has 13 heavy (non-hydrogen) atoms. The number of urea groups is 1. The first-order valence-electron chi connectivity index (χ1n) is 4.28. The van der Waals surface area contributed by atoms with Crippen molar-refractivity contribution in [2.24, 2.45) is 5.92 Å². The summed E-state index contributed by atoms with van der Waals surface area (Å²) in [5.74, 6) is -0.0853. The Hall–Kier alpha value is -0.770. The van der Waals surface area contributed by atoms with Crippen LogP contribution in [0, 0.1) is 5.92 Å². The van der Waals surface area contributed by atoms with Gasteiger partial charge in [0.2, 0.25) is 5.91 Å². The van der Waals surface area contributed by atoms with Gasteiger partial charge in [-0.1, -0.05) is 6.92 Å². The van der Waals surface area contributed by atoms with Crippen molar-refractivity contribution in [3.63, 3.8) is 0 Å². The van der Waals surface area contributed by atoms with Crippen LogP contribution < -0.4 is 5.32 Å². The summed E-state index contributed by atoms with van der Waals surface area (Å²) in [5.41, 5.74) is 0. The van der Waals surface area contributed by atoms with Gasteiger partial charge in [0.1, 0.15) is 5.88 Å². The van der Waals surface area contributed by atoms with Gasteiger partial charge in [-0.05, 0) is 12.3 Å². The molecule has 1 heterocycles. The van der Waals surface area contributed by atoms with Crippen molar-refractivity contribution in [2.75, 3.05) is 19.0 Å². The van der Waals surface area contributed by atoms with E-state index in [4.69, 9.17) is 11.6 Å². The summed E-state index contributed by atoms with van der Waals surface area (Å²) in [4.78, 5) is 23.7. The average Bonchev–Trinajstić information content (AvgIpc) is 2.51. The number of likely N-dealkylation sites (tertiary alicyclic amines) is 1. The molecule has 0 spiro atoms. The van der Waals surface area contributed by atoms with Gasteiger partial charge >= 0.3 is 6.03 Å². The number of imide groups is 1. The van der Waals surface area contributed by atoms with Crippen LogP contribution in [-0.2, 0) is 4.79 Å². The molecule has 0 aromatic rings. The van der Waals surface area contributed by atoms with Gasteiger partial charge in [-0.2, -0.15) is 0 Å². The Morgan fingerprint density at radius 2 is 2.31 bits per heavy atom. The van der Waals surface area contributed by atoms with Crippen LogP contribution in [0.3, 0.4) is 0 Å². The van der Waals surface area contributed by atoms with Gasteiger partial charge in [0.15, 0.2) is 0 Å². The van der Waals surface area contributed by atoms with E-state index in [2.05, 4.69) is 12.2 Å². The average molecular weight is 205 g/mol. The third-order valence-corrected chi connectivity index (χ3v) is 2.32. The second kappa shape index (κ2) is 4.46. The largest absolute Gasteiger partial charge is 0.324 e. The highest BCUT2D eigenvalue weighted by Gasteiger charge is 2.23. The van der Waals surface area contributed by atoms with Gasteiger partial charge in [-0.15, -0.1) is 11.6 Å². The molecule has 0 saturated carbocycles. The molecule has 1 saturated heterocycles. The van der Waals surface area contributed by atoms with Gasteiger partial charge < -0.3 is 4.90 Å². The lowest BCUT2D eigenvalue weighted by Crippen LogP contribution is -2.42. The normalized spacial score (nSPS) is 21.7. The van der Waals surface area contributed by atoms with E-state index in [1.807, 2.05) is 0 Å². The third kappa shape index (κ3) is 2.88. The number of hydrogen-bond donors (Lipinski definition) is 1. The van der Waals surface area contributed by atoms with E-state index in [9.17, 15) is 9.59 Å². The van der Waals surface area contributed by atoms with Crippen LogP contribution in [0.25, 0.3) is 0 Å². The van der Waals surface area contributed by atoms with Crippen LogP contribution in [0.4, 0.5) is 4.79 Å². The van der Waals surface area contributed by atoms with Gasteiger partial charge in [-0.3, -0.25) is 10.1 Å². The minimum Gasteiger partial charge on any atom is -0.324 e. The summed E-state index contributed by atoms with van der Waals surface area (Å²) in [5, 5.41) is 2.21. The fraction of sp³-hybridized carbons (Fsp3) is 0.750. The predicted octanol–water partition coefficient (Wildman–Crippen LogP) is 0.803. The molecule has 5 heteroatoms. The number of halogens is 1. The molecule has 0 aliphatic carbocycles. The van der Waals surface area contributed by atoms with Crippen LogP contribution in [-0.4, -0.2) is 35.8 Å². The highest BCUT2D eigenvalue weighted by Crippen LogP contribution is 2.14. The highest BCUT2D eigenvalue weighted by molar-refractivity contribution is 6.28. The maximum absolute atomic E-state index is 11.3. The number of hydrogen-bond acceptors (Lipinski definition) is 2. The predicted molar refractivity (Wildman–Crippen MR) is 49.6 cm³/mol. The van der Waals surface area contributed by atoms with Crippen molar-refractivity contribution >= 4 is 23.5 Å². The van der Waals surface area contributed by atoms with Gasteiger partial charge in [0, 0.05) is 13.1 Å². The van der Waals surface area contributed by atoms with Crippen LogP contribution in [0.5, 0.6) is 0 Å². The van der Waals surface area contributed by atoms with Crippen LogP contribution in [0.1, 0.15) is 13.3 Å². The second-order valence-electron chi connectivity index (χ2n) is 3.33. The minimum atomic E-state index is -0.439. The summed E-state index contributed by atoms with van der Waals surface area (Å²) in [6.07, 6.45) is 1.00. The zero-order valence-corrected chi connectivity index (χ0v) is 8.30. The highest BCUT2D eigenvalue weighted by atomic mass is 35.5. The first-order valence-corrected chi connectivity index (χ1v) is 4.81. The van der Waals surface area contributed by atoms with Crippen LogP contribution in [0.15, 0.2) is 0 Å². The Balaban J connectivity index is 2.36. The molecule has 3 amide bonds. The lowest BCUT2D eigenvalue weighted by atomic mass is 10.2. The molecular weight excluding hydrogens is 192 g/mol. The molecule has 1 rings (SSSR count). The van der Waals surface area contributed by atoms with E-state index in [1.54, 1.807) is 4.90 Å². The maximum Gasteiger partial charge on any atom is 0.324 e. The Morgan fingerprint density at radius 3 is 2.77 bits per heavy atom. The molecule has 1 atom stereocenters. The molecule has 0 bridgehead atoms. The molecular formula is C8H13ClN2O2. The molecule has 4 nitrogen and oxygen atoms in total. The summed E-state index contributed by atoms with van der Waals surface area (Å²) < 4.78 is 0. The molecule has 0 aromatic heterocycles. The molecule has 1 fully saturated rings. The summed E-state index contributed by atoms with van der Waals surface area (Å²) in [7, 11) is 0. The third-order valence-electron chi connectivity index (χ3n) is 2.08. The molecule has 1 N–H and O–H groups in total. The molecule has 1 aliphatic heterocycles. The van der Waals surface area contributed by atoms with Crippen molar-refractivity contribution in [1.82, 2.24) is 10.2 Å². The van der Waals surface area contributed by atoms with Crippen molar-refractivity contribution < 1.29 is 9.59 Å². The Bertz CT molecular complexity index is 220. The minimum absolute atomic E-state index is 0.171. The van der Waals surface area contributed by atoms with Gasteiger partial charge in [0.05, 0.1) is 0 Å². The van der Waals surface area contributed by atoms with Crippen LogP contribution in [0.2, 0.25) is 0 Å². The quantitative estimate of drug-likeness (QED) is 0.643. The van der Waals surface area contributed by atoms with E-state index in [1.165, 1.54) is 0 Å². The van der Waals surface area contributed by atoms with Crippen molar-refractivity contribution in [3.05, 3.63) is 0 Å². The van der Waals surface area contributed by atoms with E-state index in [0.717, 1.165) is 19.5 Å². The SMILES string of the molecule is CC1CCN(C(=O)NC(=O)CCl)C1. The van der Waals surface area contributed by atoms with E-state index in [0.29, 0.717) is 5.92 Å². The number of amides is 3. The smallest absolute Gasteiger partial charge is 0.324 e. The van der Waals surface area contributed by atoms with E-state index < -0.39 is 5.91 Å². The lowest BCUT2D eigenvalue weighted by molar-refractivity contribution is -0.117. The number of rotatable bonds is 1. The Morgan fingerprint density at radius 1 is 1.62 bits per heavy atom. The number of nitrogens with zero attached hydrogens (tertiary/aromatic N) is 1. The first kappa shape index (κ1) is 10.3. The lowest BCUT2D eigenvalue weighted by Gasteiger charge is -2.15. The Kier molecular flexibility index (Phi) is 3.54. The van der Waals surface area contributed by atoms with Gasteiger partial charge in [-0.25, -0.2) is 4.79 Å². The fourth-order valence-corrected chi connectivity index (χ4v) is 1.42. The van der Waals surface area contributed by atoms with Crippen LogP contribution >= 0.6 is 11.6 Å². The van der Waals surface area contributed by atoms with Crippen molar-refractivity contribution in [3.8, 4) is 0 Å². The second-order valence-corrected chi connectivity index (χ2v) is 3.59. The number of carbonyl (C=O) groups is 2. The standard InChI is InChI=1S/C8H13ClN2O2/c1-6-2-3-11(5-6)8(13)10-7(12)4-9/h6H,2-5H2,1H3,(H,10,12,13). The monoisotopic (exact) mass is 204 g/mol. The number of nitrogens with one attached hydrogen (secondary N) is 1. The fourth-order valence-electron chi connectivity index (χ4n) is 1.35.